The number of benzene rings is 1. The molecule has 0 amide bonds. The number of hydrogen-bond donors (Lipinski definition) is 3. The number of thiocarbonyl (C=S) groups is 1. The van der Waals surface area contributed by atoms with Crippen molar-refractivity contribution < 1.29 is 4.74 Å². The van der Waals surface area contributed by atoms with Crippen molar-refractivity contribution in [3.05, 3.63) is 42.5 Å². The zero-order valence-electron chi connectivity index (χ0n) is 10.8. The van der Waals surface area contributed by atoms with Gasteiger partial charge < -0.3 is 20.7 Å². The second-order valence-electron chi connectivity index (χ2n) is 4.31. The fourth-order valence-corrected chi connectivity index (χ4v) is 2.10. The third-order valence-corrected chi connectivity index (χ3v) is 3.12. The van der Waals surface area contributed by atoms with E-state index in [1.807, 2.05) is 12.1 Å². The monoisotopic (exact) mass is 277 g/mol. The van der Waals surface area contributed by atoms with Gasteiger partial charge in [-0.1, -0.05) is 18.2 Å². The van der Waals surface area contributed by atoms with E-state index in [4.69, 9.17) is 17.0 Å². The average Bonchev–Trinajstić information content (AvgIpc) is 2.47. The van der Waals surface area contributed by atoms with Crippen LogP contribution in [0.4, 0.5) is 5.69 Å². The minimum atomic E-state index is 0.147. The van der Waals surface area contributed by atoms with Crippen LogP contribution in [-0.2, 0) is 4.74 Å². The maximum absolute atomic E-state index is 5.71. The van der Waals surface area contributed by atoms with E-state index >= 15 is 0 Å². The quantitative estimate of drug-likeness (QED) is 0.579. The summed E-state index contributed by atoms with van der Waals surface area (Å²) in [7, 11) is 0. The summed E-state index contributed by atoms with van der Waals surface area (Å²) in [5.74, 6) is 0. The highest BCUT2D eigenvalue weighted by Crippen LogP contribution is 2.20. The molecule has 3 N–H and O–H groups in total. The molecule has 0 bridgehead atoms. The Morgan fingerprint density at radius 3 is 2.89 bits per heavy atom. The lowest BCUT2D eigenvalue weighted by molar-refractivity contribution is 0.0277. The number of hydrogen-bond acceptors (Lipinski definition) is 3. The van der Waals surface area contributed by atoms with Gasteiger partial charge in [0, 0.05) is 25.3 Å². The molecule has 2 rings (SSSR count). The normalized spacial score (nSPS) is 18.6. The van der Waals surface area contributed by atoms with E-state index in [2.05, 4.69) is 34.7 Å². The van der Waals surface area contributed by atoms with Crippen molar-refractivity contribution in [3.63, 3.8) is 0 Å². The Bertz CT molecular complexity index is 427. The van der Waals surface area contributed by atoms with E-state index in [-0.39, 0.29) is 6.10 Å². The second-order valence-corrected chi connectivity index (χ2v) is 4.72. The molecule has 0 radical (unpaired) electrons. The van der Waals surface area contributed by atoms with Gasteiger partial charge in [-0.15, -0.1) is 6.58 Å². The van der Waals surface area contributed by atoms with Crippen molar-refractivity contribution in [1.82, 2.24) is 10.6 Å². The van der Waals surface area contributed by atoms with Crippen molar-refractivity contribution in [2.24, 2.45) is 0 Å². The third-order valence-electron chi connectivity index (χ3n) is 2.87. The molecule has 1 aromatic carbocycles. The van der Waals surface area contributed by atoms with Crippen molar-refractivity contribution in [2.75, 3.05) is 31.6 Å². The van der Waals surface area contributed by atoms with Crippen LogP contribution in [0.5, 0.6) is 0 Å². The molecule has 1 aliphatic heterocycles. The Morgan fingerprint density at radius 1 is 1.47 bits per heavy atom. The van der Waals surface area contributed by atoms with E-state index < -0.39 is 0 Å². The van der Waals surface area contributed by atoms with Gasteiger partial charge in [-0.2, -0.15) is 0 Å². The Morgan fingerprint density at radius 2 is 2.26 bits per heavy atom. The second kappa shape index (κ2) is 7.23. The first-order chi connectivity index (χ1) is 9.29. The van der Waals surface area contributed by atoms with Gasteiger partial charge in [0.25, 0.3) is 0 Å². The van der Waals surface area contributed by atoms with Crippen LogP contribution < -0.4 is 16.0 Å². The van der Waals surface area contributed by atoms with E-state index in [0.717, 1.165) is 25.4 Å². The maximum atomic E-state index is 5.71. The lowest BCUT2D eigenvalue weighted by atomic mass is 10.1. The highest BCUT2D eigenvalue weighted by atomic mass is 32.1. The van der Waals surface area contributed by atoms with Crippen LogP contribution in [0.2, 0.25) is 0 Å². The fraction of sp³-hybridized carbons (Fsp3) is 0.357. The van der Waals surface area contributed by atoms with Crippen LogP contribution in [0.3, 0.4) is 0 Å². The van der Waals surface area contributed by atoms with Gasteiger partial charge in [0.05, 0.1) is 12.7 Å². The molecule has 0 aromatic heterocycles. The maximum Gasteiger partial charge on any atom is 0.171 e. The lowest BCUT2D eigenvalue weighted by Crippen LogP contribution is -2.33. The standard InChI is InChI=1S/C14H19N3OS/c1-2-7-16-14(19)17-12-5-3-11(4-6-12)13-10-15-8-9-18-13/h2-6,13,15H,1,7-10H2,(H2,16,17,19). The molecule has 4 nitrogen and oxygen atoms in total. The van der Waals surface area contributed by atoms with E-state index in [9.17, 15) is 0 Å². The summed E-state index contributed by atoms with van der Waals surface area (Å²) < 4.78 is 5.71. The van der Waals surface area contributed by atoms with Gasteiger partial charge in [-0.25, -0.2) is 0 Å². The molecule has 19 heavy (non-hydrogen) atoms. The number of morpholine rings is 1. The predicted molar refractivity (Wildman–Crippen MR) is 82.4 cm³/mol. The Kier molecular flexibility index (Phi) is 5.32. The minimum absolute atomic E-state index is 0.147. The van der Waals surface area contributed by atoms with Crippen molar-refractivity contribution in [2.45, 2.75) is 6.10 Å². The number of anilines is 1. The van der Waals surface area contributed by atoms with Gasteiger partial charge in [-0.05, 0) is 29.9 Å². The Labute approximate surface area is 119 Å². The predicted octanol–water partition coefficient (Wildman–Crippen LogP) is 1.82. The molecule has 1 unspecified atom stereocenters. The summed E-state index contributed by atoms with van der Waals surface area (Å²) in [6.07, 6.45) is 1.92. The molecular formula is C14H19N3OS. The summed E-state index contributed by atoms with van der Waals surface area (Å²) in [5.41, 5.74) is 2.15. The topological polar surface area (TPSA) is 45.3 Å². The van der Waals surface area contributed by atoms with Gasteiger partial charge in [0.2, 0.25) is 0 Å². The highest BCUT2D eigenvalue weighted by Gasteiger charge is 2.15. The molecule has 1 heterocycles. The smallest absolute Gasteiger partial charge is 0.171 e. The summed E-state index contributed by atoms with van der Waals surface area (Å²) in [6.45, 7) is 6.85. The van der Waals surface area contributed by atoms with Crippen LogP contribution in [0, 0.1) is 0 Å². The lowest BCUT2D eigenvalue weighted by Gasteiger charge is -2.24. The van der Waals surface area contributed by atoms with Crippen LogP contribution >= 0.6 is 12.2 Å². The largest absolute Gasteiger partial charge is 0.371 e. The Hall–Kier alpha value is -1.43. The van der Waals surface area contributed by atoms with Crippen LogP contribution in [0.1, 0.15) is 11.7 Å². The average molecular weight is 277 g/mol. The molecular weight excluding hydrogens is 258 g/mol. The van der Waals surface area contributed by atoms with Crippen LogP contribution in [0.25, 0.3) is 0 Å². The molecule has 0 spiro atoms. The van der Waals surface area contributed by atoms with Crippen LogP contribution in [0.15, 0.2) is 36.9 Å². The summed E-state index contributed by atoms with van der Waals surface area (Å²) in [6, 6.07) is 8.15. The van der Waals surface area contributed by atoms with Gasteiger partial charge in [0.1, 0.15) is 0 Å². The molecule has 0 aliphatic carbocycles. The van der Waals surface area contributed by atoms with Crippen molar-refractivity contribution in [1.29, 1.82) is 0 Å². The van der Waals surface area contributed by atoms with Gasteiger partial charge in [-0.3, -0.25) is 0 Å². The van der Waals surface area contributed by atoms with E-state index in [1.165, 1.54) is 5.56 Å². The van der Waals surface area contributed by atoms with E-state index in [1.54, 1.807) is 6.08 Å². The zero-order valence-corrected chi connectivity index (χ0v) is 11.6. The molecule has 1 atom stereocenters. The Balaban J connectivity index is 1.90. The molecule has 1 saturated heterocycles. The van der Waals surface area contributed by atoms with Crippen molar-refractivity contribution >= 4 is 23.0 Å². The first-order valence-electron chi connectivity index (χ1n) is 6.37. The van der Waals surface area contributed by atoms with Crippen molar-refractivity contribution in [3.8, 4) is 0 Å². The first-order valence-corrected chi connectivity index (χ1v) is 6.78. The van der Waals surface area contributed by atoms with Crippen LogP contribution in [-0.4, -0.2) is 31.4 Å². The summed E-state index contributed by atoms with van der Waals surface area (Å²) in [5, 5.41) is 10.1. The molecule has 1 aliphatic rings. The molecule has 0 saturated carbocycles. The molecule has 1 aromatic rings. The zero-order chi connectivity index (χ0) is 13.5. The third kappa shape index (κ3) is 4.31. The highest BCUT2D eigenvalue weighted by molar-refractivity contribution is 7.80. The first kappa shape index (κ1) is 14.0. The minimum Gasteiger partial charge on any atom is -0.371 e. The van der Waals surface area contributed by atoms with Gasteiger partial charge >= 0.3 is 0 Å². The number of ether oxygens (including phenoxy) is 1. The molecule has 5 heteroatoms. The SMILES string of the molecule is C=CCNC(=S)Nc1ccc(C2CNCCO2)cc1. The summed E-state index contributed by atoms with van der Waals surface area (Å²) in [4.78, 5) is 0. The number of nitrogens with one attached hydrogen (secondary N) is 3. The number of rotatable bonds is 4. The summed E-state index contributed by atoms with van der Waals surface area (Å²) >= 11 is 5.15. The van der Waals surface area contributed by atoms with Gasteiger partial charge in [0.15, 0.2) is 5.11 Å². The fourth-order valence-electron chi connectivity index (χ4n) is 1.90. The molecule has 1 fully saturated rings. The molecule has 102 valence electrons. The van der Waals surface area contributed by atoms with E-state index in [0.29, 0.717) is 11.7 Å².